The van der Waals surface area contributed by atoms with Gasteiger partial charge in [-0.1, -0.05) is 11.6 Å². The first-order valence-corrected chi connectivity index (χ1v) is 11.1. The summed E-state index contributed by atoms with van der Waals surface area (Å²) < 4.78 is 17.1. The standard InChI is InChI=1S/C22H14BrClN2O5S/c1-29-14-6-7-15-17(10-14)32-20(19(15)24)22(28)30-13-4-2-12(3-5-13)11-25-26-21(27)16-8-9-18(23)31-16/h2-11H,1H3,(H,26,27)/b25-11+. The average Bonchev–Trinajstić information content (AvgIpc) is 3.38. The van der Waals surface area contributed by atoms with Crippen LogP contribution in [0.15, 0.2) is 68.8 Å². The summed E-state index contributed by atoms with van der Waals surface area (Å²) in [6.07, 6.45) is 1.46. The maximum Gasteiger partial charge on any atom is 0.355 e. The number of esters is 1. The molecule has 7 nitrogen and oxygen atoms in total. The average molecular weight is 534 g/mol. The van der Waals surface area contributed by atoms with E-state index in [-0.39, 0.29) is 5.76 Å². The summed E-state index contributed by atoms with van der Waals surface area (Å²) in [6, 6.07) is 15.2. The van der Waals surface area contributed by atoms with E-state index in [1.54, 1.807) is 49.6 Å². The van der Waals surface area contributed by atoms with Gasteiger partial charge in [0.25, 0.3) is 0 Å². The van der Waals surface area contributed by atoms with E-state index in [0.717, 1.165) is 10.1 Å². The van der Waals surface area contributed by atoms with Crippen molar-refractivity contribution in [3.63, 3.8) is 0 Å². The number of amides is 1. The molecule has 1 N–H and O–H groups in total. The number of ether oxygens (including phenoxy) is 2. The lowest BCUT2D eigenvalue weighted by molar-refractivity contribution is 0.0739. The van der Waals surface area contributed by atoms with Gasteiger partial charge in [0.2, 0.25) is 0 Å². The number of hydrogen-bond acceptors (Lipinski definition) is 7. The van der Waals surface area contributed by atoms with Crippen LogP contribution in [0.2, 0.25) is 5.02 Å². The molecule has 0 radical (unpaired) electrons. The number of rotatable bonds is 6. The van der Waals surface area contributed by atoms with Crippen molar-refractivity contribution in [1.29, 1.82) is 0 Å². The van der Waals surface area contributed by atoms with Crippen LogP contribution in [0.1, 0.15) is 25.8 Å². The number of nitrogens with zero attached hydrogens (tertiary/aromatic N) is 1. The summed E-state index contributed by atoms with van der Waals surface area (Å²) in [5, 5.41) is 4.99. The van der Waals surface area contributed by atoms with Crippen LogP contribution >= 0.6 is 38.9 Å². The minimum atomic E-state index is -0.548. The van der Waals surface area contributed by atoms with E-state index >= 15 is 0 Å². The Kier molecular flexibility index (Phi) is 6.59. The Hall–Kier alpha value is -3.14. The first-order chi connectivity index (χ1) is 15.4. The Morgan fingerprint density at radius 2 is 1.88 bits per heavy atom. The smallest absolute Gasteiger partial charge is 0.355 e. The predicted molar refractivity (Wildman–Crippen MR) is 126 cm³/mol. The molecule has 10 heteroatoms. The van der Waals surface area contributed by atoms with Crippen molar-refractivity contribution in [2.75, 3.05) is 7.11 Å². The number of fused-ring (bicyclic) bond motifs is 1. The Bertz CT molecular complexity index is 1330. The molecule has 0 atom stereocenters. The Morgan fingerprint density at radius 1 is 1.12 bits per heavy atom. The number of benzene rings is 2. The van der Waals surface area contributed by atoms with E-state index in [1.807, 2.05) is 6.07 Å². The van der Waals surface area contributed by atoms with E-state index in [1.165, 1.54) is 23.6 Å². The summed E-state index contributed by atoms with van der Waals surface area (Å²) in [5.74, 6) is 0.141. The molecule has 0 saturated carbocycles. The normalized spacial score (nSPS) is 11.1. The van der Waals surface area contributed by atoms with E-state index in [0.29, 0.717) is 31.6 Å². The van der Waals surface area contributed by atoms with Crippen LogP contribution in [0, 0.1) is 0 Å². The molecule has 0 saturated heterocycles. The number of halogens is 2. The van der Waals surface area contributed by atoms with Crippen molar-refractivity contribution in [1.82, 2.24) is 5.43 Å². The molecule has 1 amide bonds. The molecule has 2 heterocycles. The molecule has 4 aromatic rings. The predicted octanol–water partition coefficient (Wildman–Crippen LogP) is 5.90. The third kappa shape index (κ3) is 4.85. The molecule has 0 aliphatic carbocycles. The highest BCUT2D eigenvalue weighted by Crippen LogP contribution is 2.37. The zero-order valence-corrected chi connectivity index (χ0v) is 19.6. The Morgan fingerprint density at radius 3 is 2.56 bits per heavy atom. The maximum atomic E-state index is 12.6. The van der Waals surface area contributed by atoms with Gasteiger partial charge >= 0.3 is 11.9 Å². The van der Waals surface area contributed by atoms with E-state index in [4.69, 9.17) is 25.5 Å². The minimum absolute atomic E-state index is 0.134. The van der Waals surface area contributed by atoms with Crippen molar-refractivity contribution in [2.45, 2.75) is 0 Å². The molecule has 4 rings (SSSR count). The monoisotopic (exact) mass is 532 g/mol. The summed E-state index contributed by atoms with van der Waals surface area (Å²) in [5.41, 5.74) is 3.06. The Balaban J connectivity index is 1.40. The summed E-state index contributed by atoms with van der Waals surface area (Å²) in [4.78, 5) is 24.8. The zero-order valence-electron chi connectivity index (χ0n) is 16.4. The molecular formula is C22H14BrClN2O5S. The molecule has 0 unspecified atom stereocenters. The number of hydrazone groups is 1. The van der Waals surface area contributed by atoms with Crippen LogP contribution in [-0.4, -0.2) is 25.2 Å². The fraction of sp³-hybridized carbons (Fsp3) is 0.0455. The Labute approximate surface area is 199 Å². The van der Waals surface area contributed by atoms with Gasteiger partial charge in [0.15, 0.2) is 10.4 Å². The highest BCUT2D eigenvalue weighted by Gasteiger charge is 2.19. The van der Waals surface area contributed by atoms with Crippen LogP contribution in [-0.2, 0) is 0 Å². The molecule has 0 bridgehead atoms. The largest absolute Gasteiger partial charge is 0.497 e. The third-order valence-electron chi connectivity index (χ3n) is 4.29. The number of thiophene rings is 1. The van der Waals surface area contributed by atoms with Gasteiger partial charge in [-0.2, -0.15) is 5.10 Å². The summed E-state index contributed by atoms with van der Waals surface area (Å²) >= 11 is 10.7. The highest BCUT2D eigenvalue weighted by atomic mass is 79.9. The molecule has 0 fully saturated rings. The van der Waals surface area contributed by atoms with Crippen molar-refractivity contribution in [3.8, 4) is 11.5 Å². The quantitative estimate of drug-likeness (QED) is 0.144. The number of carbonyl (C=O) groups excluding carboxylic acids is 2. The van der Waals surface area contributed by atoms with Gasteiger partial charge in [-0.3, -0.25) is 4.79 Å². The van der Waals surface area contributed by atoms with Gasteiger partial charge in [0.05, 0.1) is 18.3 Å². The molecule has 0 aliphatic rings. The molecule has 162 valence electrons. The number of carbonyl (C=O) groups is 2. The van der Waals surface area contributed by atoms with Crippen molar-refractivity contribution in [3.05, 3.63) is 80.5 Å². The lowest BCUT2D eigenvalue weighted by Gasteiger charge is -2.03. The number of furan rings is 1. The topological polar surface area (TPSA) is 90.1 Å². The number of nitrogens with one attached hydrogen (secondary N) is 1. The number of hydrogen-bond donors (Lipinski definition) is 1. The second-order valence-corrected chi connectivity index (χ2v) is 8.58. The summed E-state index contributed by atoms with van der Waals surface area (Å²) in [7, 11) is 1.58. The third-order valence-corrected chi connectivity index (χ3v) is 6.35. The SMILES string of the molecule is COc1ccc2c(Cl)c(C(=O)Oc3ccc(/C=N/NC(=O)c4ccc(Br)o4)cc3)sc2c1. The first-order valence-electron chi connectivity index (χ1n) is 9.11. The molecule has 0 aliphatic heterocycles. The van der Waals surface area contributed by atoms with Crippen molar-refractivity contribution in [2.24, 2.45) is 5.10 Å². The fourth-order valence-corrected chi connectivity index (χ4v) is 4.46. The van der Waals surface area contributed by atoms with Gasteiger partial charge in [-0.05, 0) is 76.1 Å². The van der Waals surface area contributed by atoms with Gasteiger partial charge in [0.1, 0.15) is 16.4 Å². The van der Waals surface area contributed by atoms with E-state index in [9.17, 15) is 9.59 Å². The van der Waals surface area contributed by atoms with Crippen LogP contribution in [0.25, 0.3) is 10.1 Å². The molecule has 2 aromatic heterocycles. The van der Waals surface area contributed by atoms with Gasteiger partial charge < -0.3 is 13.9 Å². The van der Waals surface area contributed by atoms with Crippen LogP contribution in [0.4, 0.5) is 0 Å². The van der Waals surface area contributed by atoms with Crippen LogP contribution in [0.3, 0.4) is 0 Å². The van der Waals surface area contributed by atoms with Gasteiger partial charge in [-0.25, -0.2) is 10.2 Å². The highest BCUT2D eigenvalue weighted by molar-refractivity contribution is 9.10. The fourth-order valence-electron chi connectivity index (χ4n) is 2.74. The molecule has 0 spiro atoms. The number of methoxy groups -OCH3 is 1. The van der Waals surface area contributed by atoms with E-state index in [2.05, 4.69) is 26.5 Å². The lowest BCUT2D eigenvalue weighted by Crippen LogP contribution is -2.16. The zero-order chi connectivity index (χ0) is 22.7. The second kappa shape index (κ2) is 9.56. The van der Waals surface area contributed by atoms with Crippen molar-refractivity contribution < 1.29 is 23.5 Å². The first kappa shape index (κ1) is 22.1. The molecule has 32 heavy (non-hydrogen) atoms. The van der Waals surface area contributed by atoms with Gasteiger partial charge in [0, 0.05) is 10.1 Å². The van der Waals surface area contributed by atoms with Crippen molar-refractivity contribution >= 4 is 67.0 Å². The maximum absolute atomic E-state index is 12.6. The molecule has 2 aromatic carbocycles. The molecular weight excluding hydrogens is 520 g/mol. The van der Waals surface area contributed by atoms with Gasteiger partial charge in [-0.15, -0.1) is 11.3 Å². The van der Waals surface area contributed by atoms with Crippen LogP contribution in [0.5, 0.6) is 11.5 Å². The van der Waals surface area contributed by atoms with Crippen LogP contribution < -0.4 is 14.9 Å². The lowest BCUT2D eigenvalue weighted by atomic mass is 10.2. The summed E-state index contributed by atoms with van der Waals surface area (Å²) in [6.45, 7) is 0. The second-order valence-electron chi connectivity index (χ2n) is 6.37. The van der Waals surface area contributed by atoms with E-state index < -0.39 is 11.9 Å². The minimum Gasteiger partial charge on any atom is -0.497 e.